The Morgan fingerprint density at radius 2 is 1.27 bits per heavy atom. The molecule has 0 amide bonds. The van der Waals surface area contributed by atoms with E-state index >= 15 is 0 Å². The second-order valence-electron chi connectivity index (χ2n) is 6.06. The molecule has 0 unspecified atom stereocenters. The first-order valence-corrected chi connectivity index (χ1v) is 8.88. The highest BCUT2D eigenvalue weighted by molar-refractivity contribution is 6.04. The lowest BCUT2D eigenvalue weighted by Gasteiger charge is -2.17. The van der Waals surface area contributed by atoms with Gasteiger partial charge in [-0.1, -0.05) is 48.5 Å². The molecular formula is C22H22O4. The third-order valence-electron chi connectivity index (χ3n) is 4.43. The molecule has 0 aliphatic heterocycles. The van der Waals surface area contributed by atoms with Crippen molar-refractivity contribution in [3.63, 3.8) is 0 Å². The SMILES string of the molecule is CCOC(=O)C(Cc1c2ccccc2cc2ccccc12)C(=O)OCC. The van der Waals surface area contributed by atoms with Crippen LogP contribution in [0.15, 0.2) is 54.6 Å². The van der Waals surface area contributed by atoms with E-state index in [2.05, 4.69) is 6.07 Å². The lowest BCUT2D eigenvalue weighted by atomic mass is 9.90. The molecule has 0 spiro atoms. The molecule has 0 N–H and O–H groups in total. The van der Waals surface area contributed by atoms with E-state index < -0.39 is 17.9 Å². The van der Waals surface area contributed by atoms with Crippen molar-refractivity contribution in [1.29, 1.82) is 0 Å². The van der Waals surface area contributed by atoms with Crippen LogP contribution < -0.4 is 0 Å². The van der Waals surface area contributed by atoms with Crippen LogP contribution in [0, 0.1) is 5.92 Å². The molecule has 134 valence electrons. The number of hydrogen-bond donors (Lipinski definition) is 0. The van der Waals surface area contributed by atoms with Crippen LogP contribution in [0.25, 0.3) is 21.5 Å². The average Bonchev–Trinajstić information content (AvgIpc) is 2.65. The number of carbonyl (C=O) groups is 2. The Hall–Kier alpha value is -2.88. The van der Waals surface area contributed by atoms with Crippen LogP contribution in [0.3, 0.4) is 0 Å². The lowest BCUT2D eigenvalue weighted by Crippen LogP contribution is -2.30. The van der Waals surface area contributed by atoms with Gasteiger partial charge in [-0.2, -0.15) is 0 Å². The van der Waals surface area contributed by atoms with Gasteiger partial charge in [-0.25, -0.2) is 0 Å². The largest absolute Gasteiger partial charge is 0.465 e. The molecule has 0 heterocycles. The molecule has 26 heavy (non-hydrogen) atoms. The van der Waals surface area contributed by atoms with Crippen molar-refractivity contribution < 1.29 is 19.1 Å². The Bertz CT molecular complexity index is 873. The monoisotopic (exact) mass is 350 g/mol. The Labute approximate surface area is 152 Å². The minimum atomic E-state index is -0.968. The predicted molar refractivity (Wildman–Crippen MR) is 102 cm³/mol. The molecule has 0 radical (unpaired) electrons. The zero-order valence-electron chi connectivity index (χ0n) is 15.0. The summed E-state index contributed by atoms with van der Waals surface area (Å²) in [5, 5.41) is 4.22. The maximum absolute atomic E-state index is 12.4. The summed E-state index contributed by atoms with van der Waals surface area (Å²) in [6.07, 6.45) is 0.250. The molecule has 3 aromatic carbocycles. The van der Waals surface area contributed by atoms with Gasteiger partial charge in [0.2, 0.25) is 0 Å². The number of hydrogen-bond acceptors (Lipinski definition) is 4. The second-order valence-corrected chi connectivity index (χ2v) is 6.06. The topological polar surface area (TPSA) is 52.6 Å². The number of rotatable bonds is 6. The highest BCUT2D eigenvalue weighted by atomic mass is 16.6. The highest BCUT2D eigenvalue weighted by Crippen LogP contribution is 2.31. The minimum absolute atomic E-state index is 0.227. The molecule has 0 bridgehead atoms. The van der Waals surface area contributed by atoms with Crippen LogP contribution in [0.4, 0.5) is 0 Å². The van der Waals surface area contributed by atoms with Crippen molar-refractivity contribution in [2.45, 2.75) is 20.3 Å². The van der Waals surface area contributed by atoms with E-state index in [9.17, 15) is 9.59 Å². The van der Waals surface area contributed by atoms with E-state index in [1.54, 1.807) is 13.8 Å². The summed E-state index contributed by atoms with van der Waals surface area (Å²) in [6.45, 7) is 3.91. The molecule has 0 aliphatic rings. The van der Waals surface area contributed by atoms with Crippen molar-refractivity contribution in [2.75, 3.05) is 13.2 Å². The van der Waals surface area contributed by atoms with Crippen LogP contribution in [0.5, 0.6) is 0 Å². The smallest absolute Gasteiger partial charge is 0.320 e. The van der Waals surface area contributed by atoms with Gasteiger partial charge in [0.05, 0.1) is 13.2 Å². The summed E-state index contributed by atoms with van der Waals surface area (Å²) in [5.41, 5.74) is 0.963. The molecule has 0 aliphatic carbocycles. The highest BCUT2D eigenvalue weighted by Gasteiger charge is 2.31. The number of ether oxygens (including phenoxy) is 2. The van der Waals surface area contributed by atoms with E-state index in [0.29, 0.717) is 0 Å². The van der Waals surface area contributed by atoms with E-state index in [1.807, 2.05) is 48.5 Å². The zero-order valence-corrected chi connectivity index (χ0v) is 15.0. The molecule has 3 aromatic rings. The molecule has 4 heteroatoms. The van der Waals surface area contributed by atoms with Crippen molar-refractivity contribution in [3.05, 3.63) is 60.2 Å². The summed E-state index contributed by atoms with van der Waals surface area (Å²) in [6, 6.07) is 18.1. The second kappa shape index (κ2) is 8.00. The number of carbonyl (C=O) groups excluding carboxylic acids is 2. The van der Waals surface area contributed by atoms with Crippen LogP contribution in [-0.2, 0) is 25.5 Å². The summed E-state index contributed by atoms with van der Waals surface area (Å²) in [4.78, 5) is 24.8. The molecule has 0 saturated carbocycles. The number of benzene rings is 3. The fraction of sp³-hybridized carbons (Fsp3) is 0.273. The molecular weight excluding hydrogens is 328 g/mol. The number of esters is 2. The molecule has 0 atom stereocenters. The van der Waals surface area contributed by atoms with E-state index in [0.717, 1.165) is 27.1 Å². The predicted octanol–water partition coefficient (Wildman–Crippen LogP) is 4.28. The Kier molecular flexibility index (Phi) is 5.52. The van der Waals surface area contributed by atoms with Crippen LogP contribution >= 0.6 is 0 Å². The quantitative estimate of drug-likeness (QED) is 0.378. The Morgan fingerprint density at radius 3 is 1.73 bits per heavy atom. The first-order chi connectivity index (χ1) is 12.7. The molecule has 0 saturated heterocycles. The van der Waals surface area contributed by atoms with Crippen molar-refractivity contribution in [2.24, 2.45) is 5.92 Å². The van der Waals surface area contributed by atoms with Gasteiger partial charge in [0.1, 0.15) is 0 Å². The van der Waals surface area contributed by atoms with Gasteiger partial charge in [0.25, 0.3) is 0 Å². The van der Waals surface area contributed by atoms with E-state index in [1.165, 1.54) is 0 Å². The van der Waals surface area contributed by atoms with Gasteiger partial charge in [0, 0.05) is 0 Å². The van der Waals surface area contributed by atoms with Gasteiger partial charge in [-0.15, -0.1) is 0 Å². The van der Waals surface area contributed by atoms with Gasteiger partial charge in [0.15, 0.2) is 5.92 Å². The fourth-order valence-corrected chi connectivity index (χ4v) is 3.28. The van der Waals surface area contributed by atoms with E-state index in [4.69, 9.17) is 9.47 Å². The van der Waals surface area contributed by atoms with Crippen molar-refractivity contribution in [3.8, 4) is 0 Å². The molecule has 4 nitrogen and oxygen atoms in total. The third kappa shape index (κ3) is 3.54. The first-order valence-electron chi connectivity index (χ1n) is 8.88. The third-order valence-corrected chi connectivity index (χ3v) is 4.43. The maximum atomic E-state index is 12.4. The molecule has 3 rings (SSSR count). The summed E-state index contributed by atoms with van der Waals surface area (Å²) < 4.78 is 10.3. The molecule has 0 aromatic heterocycles. The van der Waals surface area contributed by atoms with Gasteiger partial charge >= 0.3 is 11.9 Å². The standard InChI is InChI=1S/C22H22O4/c1-3-25-21(23)20(22(24)26-4-2)14-19-17-11-7-5-9-15(17)13-16-10-6-8-12-18(16)19/h5-13,20H,3-4,14H2,1-2H3. The maximum Gasteiger partial charge on any atom is 0.320 e. The lowest BCUT2D eigenvalue weighted by molar-refractivity contribution is -0.161. The van der Waals surface area contributed by atoms with Gasteiger partial charge in [-0.05, 0) is 53.4 Å². The summed E-state index contributed by atoms with van der Waals surface area (Å²) in [5.74, 6) is -2.05. The number of fused-ring (bicyclic) bond motifs is 2. The van der Waals surface area contributed by atoms with Crippen LogP contribution in [0.1, 0.15) is 19.4 Å². The van der Waals surface area contributed by atoms with E-state index in [-0.39, 0.29) is 19.6 Å². The normalized spacial score (nSPS) is 11.0. The van der Waals surface area contributed by atoms with Gasteiger partial charge in [-0.3, -0.25) is 9.59 Å². The minimum Gasteiger partial charge on any atom is -0.465 e. The fourth-order valence-electron chi connectivity index (χ4n) is 3.28. The van der Waals surface area contributed by atoms with Crippen molar-refractivity contribution in [1.82, 2.24) is 0 Å². The molecule has 0 fully saturated rings. The average molecular weight is 350 g/mol. The van der Waals surface area contributed by atoms with Crippen LogP contribution in [-0.4, -0.2) is 25.2 Å². The van der Waals surface area contributed by atoms with Crippen molar-refractivity contribution >= 4 is 33.5 Å². The Morgan fingerprint density at radius 1 is 0.808 bits per heavy atom. The first kappa shape index (κ1) is 17.9. The van der Waals surface area contributed by atoms with Gasteiger partial charge < -0.3 is 9.47 Å². The van der Waals surface area contributed by atoms with Crippen LogP contribution in [0.2, 0.25) is 0 Å². The Balaban J connectivity index is 2.14. The summed E-state index contributed by atoms with van der Waals surface area (Å²) >= 11 is 0. The zero-order chi connectivity index (χ0) is 18.5. The summed E-state index contributed by atoms with van der Waals surface area (Å²) in [7, 11) is 0.